The Balaban J connectivity index is 1.20. The Morgan fingerprint density at radius 1 is 1.48 bits per heavy atom. The number of nitrogens with one attached hydrogen (secondary N) is 1. The molecular formula is C21H28BrN5OS. The van der Waals surface area contributed by atoms with Gasteiger partial charge in [-0.15, -0.1) is 11.8 Å². The lowest BCUT2D eigenvalue weighted by Gasteiger charge is -2.26. The summed E-state index contributed by atoms with van der Waals surface area (Å²) in [6, 6.07) is 8.88. The maximum Gasteiger partial charge on any atom is 0.191 e. The Labute approximate surface area is 184 Å². The van der Waals surface area contributed by atoms with Crippen molar-refractivity contribution >= 4 is 33.5 Å². The molecule has 8 heteroatoms. The summed E-state index contributed by atoms with van der Waals surface area (Å²) in [5, 5.41) is 8.27. The lowest BCUT2D eigenvalue weighted by atomic mass is 9.95. The molecule has 1 aromatic carbocycles. The molecule has 0 amide bonds. The first-order chi connectivity index (χ1) is 13.9. The Morgan fingerprint density at radius 2 is 2.24 bits per heavy atom. The van der Waals surface area contributed by atoms with Crippen LogP contribution in [0.15, 0.2) is 39.5 Å². The standard InChI is InChI=1S/C21H28BrN5OS/c1-14-18(28-13-25-14)19(23)26(2)20(24)29-9-3-8-27-11-16-10-21(16,12-27)15-4-6-17(22)7-5-15/h4-7,13,16,20,23H,3,8-12,24H2,1-2H3/t16-,20?,21+/m1/s1. The number of hydrogen-bond acceptors (Lipinski definition) is 6. The van der Waals surface area contributed by atoms with E-state index in [0.717, 1.165) is 29.1 Å². The summed E-state index contributed by atoms with van der Waals surface area (Å²) in [5.41, 5.74) is 8.61. The molecule has 29 heavy (non-hydrogen) atoms. The molecule has 1 saturated heterocycles. The van der Waals surface area contributed by atoms with Crippen LogP contribution in [0.2, 0.25) is 0 Å². The van der Waals surface area contributed by atoms with Crippen molar-refractivity contribution in [3.63, 3.8) is 0 Å². The largest absolute Gasteiger partial charge is 0.440 e. The molecule has 4 rings (SSSR count). The highest BCUT2D eigenvalue weighted by molar-refractivity contribution is 9.10. The second-order valence-corrected chi connectivity index (χ2v) is 10.3. The SMILES string of the molecule is Cc1ncoc1C(=N)N(C)C(N)SCCCN1C[C@H]2C[C@@]2(c2ccc(Br)cc2)C1. The summed E-state index contributed by atoms with van der Waals surface area (Å²) in [5.74, 6) is 2.55. The van der Waals surface area contributed by atoms with Gasteiger partial charge < -0.3 is 20.0 Å². The highest BCUT2D eigenvalue weighted by atomic mass is 79.9. The average molecular weight is 478 g/mol. The first-order valence-electron chi connectivity index (χ1n) is 9.98. The second-order valence-electron chi connectivity index (χ2n) is 8.14. The summed E-state index contributed by atoms with van der Waals surface area (Å²) in [6.45, 7) is 5.33. The van der Waals surface area contributed by atoms with E-state index in [1.165, 1.54) is 31.5 Å². The van der Waals surface area contributed by atoms with Crippen molar-refractivity contribution in [3.05, 3.63) is 52.1 Å². The minimum Gasteiger partial charge on any atom is -0.440 e. The lowest BCUT2D eigenvalue weighted by molar-refractivity contribution is 0.299. The zero-order valence-electron chi connectivity index (χ0n) is 16.9. The van der Waals surface area contributed by atoms with Gasteiger partial charge in [-0.25, -0.2) is 4.98 Å². The zero-order chi connectivity index (χ0) is 20.6. The molecule has 0 spiro atoms. The Hall–Kier alpha value is -1.35. The van der Waals surface area contributed by atoms with E-state index < -0.39 is 0 Å². The smallest absolute Gasteiger partial charge is 0.191 e. The molecule has 2 fully saturated rings. The first-order valence-corrected chi connectivity index (χ1v) is 11.8. The molecular weight excluding hydrogens is 450 g/mol. The molecule has 6 nitrogen and oxygen atoms in total. The number of fused-ring (bicyclic) bond motifs is 1. The van der Waals surface area contributed by atoms with E-state index in [2.05, 4.69) is 50.1 Å². The molecule has 1 aliphatic carbocycles. The Morgan fingerprint density at radius 3 is 2.93 bits per heavy atom. The van der Waals surface area contributed by atoms with Gasteiger partial charge in [0.05, 0.1) is 5.69 Å². The van der Waals surface area contributed by atoms with Crippen molar-refractivity contribution in [1.82, 2.24) is 14.8 Å². The molecule has 3 N–H and O–H groups in total. The van der Waals surface area contributed by atoms with Gasteiger partial charge in [-0.05, 0) is 55.7 Å². The van der Waals surface area contributed by atoms with Crippen LogP contribution in [0.3, 0.4) is 0 Å². The number of nitrogens with zero attached hydrogens (tertiary/aromatic N) is 3. The molecule has 1 saturated carbocycles. The van der Waals surface area contributed by atoms with Gasteiger partial charge in [0.15, 0.2) is 18.0 Å². The number of halogens is 1. The van der Waals surface area contributed by atoms with E-state index in [4.69, 9.17) is 15.6 Å². The monoisotopic (exact) mass is 477 g/mol. The number of hydrogen-bond donors (Lipinski definition) is 2. The number of nitrogens with two attached hydrogens (primary N) is 1. The second kappa shape index (κ2) is 8.41. The lowest BCUT2D eigenvalue weighted by Crippen LogP contribution is -2.41. The van der Waals surface area contributed by atoms with E-state index in [9.17, 15) is 0 Å². The topological polar surface area (TPSA) is 82.4 Å². The van der Waals surface area contributed by atoms with Crippen molar-refractivity contribution < 1.29 is 4.42 Å². The van der Waals surface area contributed by atoms with Crippen LogP contribution in [0, 0.1) is 18.3 Å². The quantitative estimate of drug-likeness (QED) is 0.261. The minimum absolute atomic E-state index is 0.270. The molecule has 0 bridgehead atoms. The van der Waals surface area contributed by atoms with Crippen LogP contribution >= 0.6 is 27.7 Å². The third kappa shape index (κ3) is 4.26. The fourth-order valence-electron chi connectivity index (χ4n) is 4.41. The van der Waals surface area contributed by atoms with E-state index in [-0.39, 0.29) is 11.3 Å². The number of oxazole rings is 1. The van der Waals surface area contributed by atoms with Gasteiger partial charge in [0.25, 0.3) is 0 Å². The number of amidine groups is 1. The average Bonchev–Trinajstić information content (AvgIpc) is 3.05. The predicted octanol–water partition coefficient (Wildman–Crippen LogP) is 3.64. The predicted molar refractivity (Wildman–Crippen MR) is 121 cm³/mol. The highest BCUT2D eigenvalue weighted by Crippen LogP contribution is 2.59. The summed E-state index contributed by atoms with van der Waals surface area (Å²) < 4.78 is 6.45. The van der Waals surface area contributed by atoms with E-state index in [0.29, 0.717) is 16.9 Å². The summed E-state index contributed by atoms with van der Waals surface area (Å²) in [4.78, 5) is 8.40. The fourth-order valence-corrected chi connectivity index (χ4v) is 5.54. The molecule has 1 unspecified atom stereocenters. The van der Waals surface area contributed by atoms with E-state index in [1.54, 1.807) is 16.7 Å². The van der Waals surface area contributed by atoms with Crippen LogP contribution in [0.1, 0.15) is 29.9 Å². The maximum absolute atomic E-state index is 8.27. The summed E-state index contributed by atoms with van der Waals surface area (Å²) in [7, 11) is 1.83. The van der Waals surface area contributed by atoms with Gasteiger partial charge in [0.2, 0.25) is 0 Å². The van der Waals surface area contributed by atoms with Gasteiger partial charge in [-0.3, -0.25) is 5.41 Å². The van der Waals surface area contributed by atoms with Crippen LogP contribution in [-0.2, 0) is 5.41 Å². The van der Waals surface area contributed by atoms with Crippen LogP contribution in [0.5, 0.6) is 0 Å². The van der Waals surface area contributed by atoms with E-state index in [1.807, 2.05) is 14.0 Å². The number of aromatic nitrogens is 1. The van der Waals surface area contributed by atoms with Crippen LogP contribution in [0.4, 0.5) is 0 Å². The number of likely N-dealkylation sites (tertiary alicyclic amines) is 1. The van der Waals surface area contributed by atoms with Crippen LogP contribution in [0.25, 0.3) is 0 Å². The Bertz CT molecular complexity index is 872. The van der Waals surface area contributed by atoms with Gasteiger partial charge in [-0.1, -0.05) is 28.1 Å². The van der Waals surface area contributed by atoms with Crippen molar-refractivity contribution in [2.24, 2.45) is 11.7 Å². The number of benzene rings is 1. The third-order valence-corrected chi connectivity index (χ3v) is 7.95. The molecule has 156 valence electrons. The van der Waals surface area contributed by atoms with Crippen LogP contribution in [-0.4, -0.2) is 58.6 Å². The number of piperidine rings is 1. The van der Waals surface area contributed by atoms with E-state index >= 15 is 0 Å². The number of thioether (sulfide) groups is 1. The van der Waals surface area contributed by atoms with Crippen molar-refractivity contribution in [3.8, 4) is 0 Å². The third-order valence-electron chi connectivity index (χ3n) is 6.24. The molecule has 0 radical (unpaired) electrons. The Kier molecular flexibility index (Phi) is 6.06. The van der Waals surface area contributed by atoms with Crippen molar-refractivity contribution in [1.29, 1.82) is 5.41 Å². The van der Waals surface area contributed by atoms with Gasteiger partial charge in [-0.2, -0.15) is 0 Å². The number of aryl methyl sites for hydroxylation is 1. The molecule has 3 atom stereocenters. The minimum atomic E-state index is -0.270. The molecule has 1 aromatic heterocycles. The normalized spacial score (nSPS) is 24.3. The maximum atomic E-state index is 8.27. The summed E-state index contributed by atoms with van der Waals surface area (Å²) in [6.07, 6.45) is 3.80. The molecule has 2 aromatic rings. The van der Waals surface area contributed by atoms with Gasteiger partial charge in [0.1, 0.15) is 5.50 Å². The van der Waals surface area contributed by atoms with Gasteiger partial charge in [0, 0.05) is 30.0 Å². The van der Waals surface area contributed by atoms with Crippen LogP contribution < -0.4 is 5.73 Å². The van der Waals surface area contributed by atoms with Crippen molar-refractivity contribution in [2.75, 3.05) is 32.4 Å². The molecule has 2 aliphatic rings. The van der Waals surface area contributed by atoms with Gasteiger partial charge >= 0.3 is 0 Å². The fraction of sp³-hybridized carbons (Fsp3) is 0.524. The number of rotatable bonds is 8. The van der Waals surface area contributed by atoms with Crippen molar-refractivity contribution in [2.45, 2.75) is 30.7 Å². The zero-order valence-corrected chi connectivity index (χ0v) is 19.3. The summed E-state index contributed by atoms with van der Waals surface area (Å²) >= 11 is 5.21. The molecule has 2 heterocycles. The first kappa shape index (κ1) is 20.9. The highest BCUT2D eigenvalue weighted by Gasteiger charge is 2.60. The molecule has 1 aliphatic heterocycles.